The highest BCUT2D eigenvalue weighted by atomic mass is 15.1. The third kappa shape index (κ3) is 6.55. The normalized spacial score (nSPS) is 12.7. The fraction of sp³-hybridized carbons (Fsp3) is 0.429. The second-order valence-electron chi connectivity index (χ2n) is 6.62. The third-order valence-corrected chi connectivity index (χ3v) is 4.48. The number of hydrogen-bond acceptors (Lipinski definition) is 2. The zero-order valence-corrected chi connectivity index (χ0v) is 14.8. The molecule has 2 aromatic rings. The standard InChI is InChI=1S/C21H30N2/c1-19(23(3)18-21-14-8-5-9-15-21)11-10-16-22(2)17-20-12-6-4-7-13-20/h4-9,12-15,19H,10-11,16-18H2,1-3H3. The van der Waals surface area contributed by atoms with Gasteiger partial charge in [-0.05, 0) is 51.5 Å². The highest BCUT2D eigenvalue weighted by Gasteiger charge is 2.10. The van der Waals surface area contributed by atoms with Gasteiger partial charge in [0, 0.05) is 19.1 Å². The summed E-state index contributed by atoms with van der Waals surface area (Å²) < 4.78 is 0. The van der Waals surface area contributed by atoms with Gasteiger partial charge in [-0.3, -0.25) is 4.90 Å². The van der Waals surface area contributed by atoms with Crippen molar-refractivity contribution in [3.05, 3.63) is 71.8 Å². The molecule has 2 rings (SSSR count). The first-order valence-corrected chi connectivity index (χ1v) is 8.62. The number of benzene rings is 2. The molecule has 0 aliphatic carbocycles. The van der Waals surface area contributed by atoms with Crippen molar-refractivity contribution in [2.45, 2.75) is 38.9 Å². The summed E-state index contributed by atoms with van der Waals surface area (Å²) in [5.41, 5.74) is 2.78. The average molecular weight is 310 g/mol. The second-order valence-corrected chi connectivity index (χ2v) is 6.62. The summed E-state index contributed by atoms with van der Waals surface area (Å²) in [5.74, 6) is 0. The van der Waals surface area contributed by atoms with Crippen LogP contribution in [0.25, 0.3) is 0 Å². The Balaban J connectivity index is 1.66. The SMILES string of the molecule is CC(CCCN(C)Cc1ccccc1)N(C)Cc1ccccc1. The quantitative estimate of drug-likeness (QED) is 0.676. The fourth-order valence-corrected chi connectivity index (χ4v) is 2.88. The van der Waals surface area contributed by atoms with Gasteiger partial charge in [-0.2, -0.15) is 0 Å². The topological polar surface area (TPSA) is 6.48 Å². The zero-order chi connectivity index (χ0) is 16.5. The third-order valence-electron chi connectivity index (χ3n) is 4.48. The lowest BCUT2D eigenvalue weighted by Crippen LogP contribution is -2.29. The molecule has 1 atom stereocenters. The van der Waals surface area contributed by atoms with Crippen molar-refractivity contribution in [1.82, 2.24) is 9.80 Å². The van der Waals surface area contributed by atoms with E-state index in [1.54, 1.807) is 0 Å². The van der Waals surface area contributed by atoms with Crippen LogP contribution in [-0.2, 0) is 13.1 Å². The van der Waals surface area contributed by atoms with E-state index >= 15 is 0 Å². The van der Waals surface area contributed by atoms with Gasteiger partial charge >= 0.3 is 0 Å². The molecule has 2 nitrogen and oxygen atoms in total. The average Bonchev–Trinajstić information content (AvgIpc) is 2.56. The summed E-state index contributed by atoms with van der Waals surface area (Å²) in [6.07, 6.45) is 2.48. The predicted octanol–water partition coefficient (Wildman–Crippen LogP) is 4.42. The molecule has 0 amide bonds. The molecule has 0 spiro atoms. The zero-order valence-electron chi connectivity index (χ0n) is 14.8. The van der Waals surface area contributed by atoms with Crippen LogP contribution in [0.2, 0.25) is 0 Å². The molecule has 0 N–H and O–H groups in total. The Bertz CT molecular complexity index is 538. The van der Waals surface area contributed by atoms with E-state index in [4.69, 9.17) is 0 Å². The van der Waals surface area contributed by atoms with Crippen LogP contribution in [0.1, 0.15) is 30.9 Å². The predicted molar refractivity (Wildman–Crippen MR) is 99.4 cm³/mol. The Labute approximate surface area is 141 Å². The summed E-state index contributed by atoms with van der Waals surface area (Å²) in [7, 11) is 4.44. The Hall–Kier alpha value is -1.64. The maximum absolute atomic E-state index is 2.45. The monoisotopic (exact) mass is 310 g/mol. The summed E-state index contributed by atoms with van der Waals surface area (Å²) in [6, 6.07) is 22.0. The van der Waals surface area contributed by atoms with Gasteiger partial charge in [-0.15, -0.1) is 0 Å². The minimum atomic E-state index is 0.611. The Morgan fingerprint density at radius 1 is 0.783 bits per heavy atom. The van der Waals surface area contributed by atoms with E-state index in [-0.39, 0.29) is 0 Å². The molecule has 0 aliphatic rings. The molecule has 2 heteroatoms. The summed E-state index contributed by atoms with van der Waals surface area (Å²) >= 11 is 0. The van der Waals surface area contributed by atoms with Crippen LogP contribution >= 0.6 is 0 Å². The fourth-order valence-electron chi connectivity index (χ4n) is 2.88. The van der Waals surface area contributed by atoms with E-state index in [2.05, 4.69) is 91.5 Å². The first-order valence-electron chi connectivity index (χ1n) is 8.62. The van der Waals surface area contributed by atoms with Crippen molar-refractivity contribution in [3.8, 4) is 0 Å². The van der Waals surface area contributed by atoms with Gasteiger partial charge in [0.15, 0.2) is 0 Å². The van der Waals surface area contributed by atoms with Gasteiger partial charge < -0.3 is 4.90 Å². The van der Waals surface area contributed by atoms with Crippen LogP contribution in [0.4, 0.5) is 0 Å². The van der Waals surface area contributed by atoms with Crippen molar-refractivity contribution in [2.24, 2.45) is 0 Å². The first-order chi connectivity index (χ1) is 11.1. The van der Waals surface area contributed by atoms with Gasteiger partial charge in [0.2, 0.25) is 0 Å². The second kappa shape index (κ2) is 9.49. The minimum Gasteiger partial charge on any atom is -0.302 e. The lowest BCUT2D eigenvalue weighted by atomic mass is 10.1. The largest absolute Gasteiger partial charge is 0.302 e. The lowest BCUT2D eigenvalue weighted by molar-refractivity contribution is 0.222. The van der Waals surface area contributed by atoms with E-state index in [9.17, 15) is 0 Å². The van der Waals surface area contributed by atoms with Gasteiger partial charge in [0.05, 0.1) is 0 Å². The smallest absolute Gasteiger partial charge is 0.0233 e. The van der Waals surface area contributed by atoms with E-state index in [1.807, 2.05) is 0 Å². The number of rotatable bonds is 9. The Morgan fingerprint density at radius 2 is 1.30 bits per heavy atom. The molecule has 0 bridgehead atoms. The highest BCUT2D eigenvalue weighted by molar-refractivity contribution is 5.15. The molecular formula is C21H30N2. The van der Waals surface area contributed by atoms with E-state index in [0.29, 0.717) is 6.04 Å². The van der Waals surface area contributed by atoms with Crippen LogP contribution in [-0.4, -0.2) is 36.5 Å². The molecule has 0 aliphatic heterocycles. The molecular weight excluding hydrogens is 280 g/mol. The van der Waals surface area contributed by atoms with Gasteiger partial charge in [-0.25, -0.2) is 0 Å². The van der Waals surface area contributed by atoms with E-state index in [0.717, 1.165) is 19.6 Å². The molecule has 2 aromatic carbocycles. The van der Waals surface area contributed by atoms with Crippen molar-refractivity contribution >= 4 is 0 Å². The number of nitrogens with zero attached hydrogens (tertiary/aromatic N) is 2. The molecule has 0 aromatic heterocycles. The molecule has 0 saturated carbocycles. The van der Waals surface area contributed by atoms with Gasteiger partial charge in [-0.1, -0.05) is 60.7 Å². The van der Waals surface area contributed by atoms with Crippen LogP contribution in [0, 0.1) is 0 Å². The molecule has 1 unspecified atom stereocenters. The van der Waals surface area contributed by atoms with E-state index < -0.39 is 0 Å². The van der Waals surface area contributed by atoms with E-state index in [1.165, 1.54) is 24.0 Å². The van der Waals surface area contributed by atoms with Crippen LogP contribution in [0.3, 0.4) is 0 Å². The van der Waals surface area contributed by atoms with Crippen molar-refractivity contribution in [1.29, 1.82) is 0 Å². The lowest BCUT2D eigenvalue weighted by Gasteiger charge is -2.26. The first kappa shape index (κ1) is 17.7. The molecule has 0 saturated heterocycles. The van der Waals surface area contributed by atoms with Crippen LogP contribution < -0.4 is 0 Å². The maximum Gasteiger partial charge on any atom is 0.0233 e. The van der Waals surface area contributed by atoms with Gasteiger partial charge in [0.25, 0.3) is 0 Å². The highest BCUT2D eigenvalue weighted by Crippen LogP contribution is 2.11. The van der Waals surface area contributed by atoms with Crippen LogP contribution in [0.5, 0.6) is 0 Å². The van der Waals surface area contributed by atoms with Crippen LogP contribution in [0.15, 0.2) is 60.7 Å². The Morgan fingerprint density at radius 3 is 1.87 bits per heavy atom. The Kier molecular flexibility index (Phi) is 7.31. The molecule has 0 radical (unpaired) electrons. The van der Waals surface area contributed by atoms with Crippen molar-refractivity contribution in [3.63, 3.8) is 0 Å². The summed E-state index contributed by atoms with van der Waals surface area (Å²) in [4.78, 5) is 4.87. The minimum absolute atomic E-state index is 0.611. The summed E-state index contributed by atoms with van der Waals surface area (Å²) in [6.45, 7) is 5.55. The molecule has 0 fully saturated rings. The summed E-state index contributed by atoms with van der Waals surface area (Å²) in [5, 5.41) is 0. The molecule has 124 valence electrons. The molecule has 0 heterocycles. The van der Waals surface area contributed by atoms with Gasteiger partial charge in [0.1, 0.15) is 0 Å². The molecule has 23 heavy (non-hydrogen) atoms. The maximum atomic E-state index is 2.45. The van der Waals surface area contributed by atoms with Crippen molar-refractivity contribution in [2.75, 3.05) is 20.6 Å². The van der Waals surface area contributed by atoms with Crippen molar-refractivity contribution < 1.29 is 0 Å². The number of hydrogen-bond donors (Lipinski definition) is 0.